The van der Waals surface area contributed by atoms with Gasteiger partial charge in [0.15, 0.2) is 4.34 Å². The second-order valence-electron chi connectivity index (χ2n) is 6.22. The lowest BCUT2D eigenvalue weighted by Gasteiger charge is -2.14. The number of benzene rings is 2. The van der Waals surface area contributed by atoms with E-state index < -0.39 is 0 Å². The third-order valence-electron chi connectivity index (χ3n) is 4.34. The molecule has 29 heavy (non-hydrogen) atoms. The number of thioether (sulfide) groups is 1. The Morgan fingerprint density at radius 3 is 2.38 bits per heavy atom. The minimum atomic E-state index is -0.0366. The average molecular weight is 429 g/mol. The summed E-state index contributed by atoms with van der Waals surface area (Å²) >= 11 is 2.80. The van der Waals surface area contributed by atoms with E-state index in [1.54, 1.807) is 7.11 Å². The molecule has 0 aliphatic rings. The molecular weight excluding hydrogens is 404 g/mol. The number of methoxy groups -OCH3 is 1. The van der Waals surface area contributed by atoms with Crippen LogP contribution in [0.1, 0.15) is 25.0 Å². The van der Waals surface area contributed by atoms with Crippen LogP contribution in [0.2, 0.25) is 0 Å². The number of nitrogens with one attached hydrogen (secondary N) is 2. The summed E-state index contributed by atoms with van der Waals surface area (Å²) in [5, 5.41) is 15.3. The van der Waals surface area contributed by atoms with Gasteiger partial charge in [0, 0.05) is 11.4 Å². The number of hydrogen-bond acceptors (Lipinski definition) is 7. The topological polar surface area (TPSA) is 76.1 Å². The van der Waals surface area contributed by atoms with Gasteiger partial charge < -0.3 is 15.4 Å². The number of carbonyl (C=O) groups is 1. The van der Waals surface area contributed by atoms with Crippen molar-refractivity contribution in [2.75, 3.05) is 23.5 Å². The van der Waals surface area contributed by atoms with E-state index in [9.17, 15) is 4.79 Å². The Balaban J connectivity index is 1.56. The monoisotopic (exact) mass is 428 g/mol. The van der Waals surface area contributed by atoms with Gasteiger partial charge in [-0.25, -0.2) is 0 Å². The molecule has 2 N–H and O–H groups in total. The van der Waals surface area contributed by atoms with E-state index in [0.29, 0.717) is 10.9 Å². The first-order valence-electron chi connectivity index (χ1n) is 9.41. The fourth-order valence-corrected chi connectivity index (χ4v) is 4.39. The first-order valence-corrected chi connectivity index (χ1v) is 11.2. The highest BCUT2D eigenvalue weighted by Gasteiger charge is 2.12. The number of rotatable bonds is 9. The van der Waals surface area contributed by atoms with Gasteiger partial charge >= 0.3 is 0 Å². The number of nitrogens with zero attached hydrogens (tertiary/aromatic N) is 2. The van der Waals surface area contributed by atoms with Gasteiger partial charge in [-0.05, 0) is 48.2 Å². The van der Waals surface area contributed by atoms with E-state index in [1.807, 2.05) is 30.3 Å². The zero-order valence-corrected chi connectivity index (χ0v) is 18.3. The van der Waals surface area contributed by atoms with Crippen LogP contribution in [-0.2, 0) is 17.6 Å². The van der Waals surface area contributed by atoms with Gasteiger partial charge in [-0.1, -0.05) is 55.1 Å². The number of hydrogen-bond donors (Lipinski definition) is 2. The molecule has 0 aliphatic heterocycles. The lowest BCUT2D eigenvalue weighted by Crippen LogP contribution is -2.16. The average Bonchev–Trinajstić information content (AvgIpc) is 3.20. The van der Waals surface area contributed by atoms with E-state index in [-0.39, 0.29) is 5.91 Å². The summed E-state index contributed by atoms with van der Waals surface area (Å²) in [6, 6.07) is 13.7. The molecule has 0 unspecified atom stereocenters. The third-order valence-corrected chi connectivity index (χ3v) is 6.31. The molecule has 0 fully saturated rings. The minimum Gasteiger partial charge on any atom is -0.497 e. The Hall–Kier alpha value is -2.58. The zero-order chi connectivity index (χ0) is 20.6. The van der Waals surface area contributed by atoms with Gasteiger partial charge in [0.2, 0.25) is 11.0 Å². The number of aryl methyl sites for hydroxylation is 2. The highest BCUT2D eigenvalue weighted by atomic mass is 32.2. The quantitative estimate of drug-likeness (QED) is 0.459. The van der Waals surface area contributed by atoms with Crippen LogP contribution in [-0.4, -0.2) is 29.0 Å². The van der Waals surface area contributed by atoms with Crippen molar-refractivity contribution in [2.24, 2.45) is 0 Å². The maximum Gasteiger partial charge on any atom is 0.234 e. The summed E-state index contributed by atoms with van der Waals surface area (Å²) in [5.74, 6) is 1.05. The third kappa shape index (κ3) is 5.71. The molecular formula is C21H24N4O2S2. The fourth-order valence-electron chi connectivity index (χ4n) is 2.82. The molecule has 1 heterocycles. The molecule has 152 valence electrons. The van der Waals surface area contributed by atoms with Crippen molar-refractivity contribution in [3.05, 3.63) is 53.6 Å². The van der Waals surface area contributed by atoms with E-state index in [2.05, 4.69) is 46.8 Å². The van der Waals surface area contributed by atoms with Crippen LogP contribution in [0.3, 0.4) is 0 Å². The van der Waals surface area contributed by atoms with E-state index in [0.717, 1.165) is 45.4 Å². The number of aromatic nitrogens is 2. The van der Waals surface area contributed by atoms with E-state index >= 15 is 0 Å². The molecule has 3 aromatic rings. The van der Waals surface area contributed by atoms with Crippen LogP contribution >= 0.6 is 23.1 Å². The summed E-state index contributed by atoms with van der Waals surface area (Å²) in [7, 11) is 1.64. The molecule has 1 amide bonds. The van der Waals surface area contributed by atoms with Crippen LogP contribution in [0.15, 0.2) is 46.8 Å². The van der Waals surface area contributed by atoms with Gasteiger partial charge in [0.1, 0.15) is 5.75 Å². The first-order chi connectivity index (χ1) is 14.1. The zero-order valence-electron chi connectivity index (χ0n) is 16.7. The molecule has 0 spiro atoms. The van der Waals surface area contributed by atoms with Crippen LogP contribution in [0.5, 0.6) is 5.75 Å². The van der Waals surface area contributed by atoms with Crippen molar-refractivity contribution in [2.45, 2.75) is 31.0 Å². The van der Waals surface area contributed by atoms with Gasteiger partial charge in [-0.15, -0.1) is 10.2 Å². The number of anilines is 3. The molecule has 0 atom stereocenters. The molecule has 8 heteroatoms. The number of carbonyl (C=O) groups excluding carboxylic acids is 1. The molecule has 0 radical (unpaired) electrons. The standard InChI is InChI=1S/C21H24N4O2S2/c1-4-14-7-6-8-15(5-2)19(14)23-18(26)13-28-21-25-24-20(29-21)22-16-9-11-17(27-3)12-10-16/h6-12H,4-5,13H2,1-3H3,(H,22,24)(H,23,26). The molecule has 0 saturated heterocycles. The predicted octanol–water partition coefficient (Wildman–Crippen LogP) is 5.15. The van der Waals surface area contributed by atoms with E-state index in [4.69, 9.17) is 4.74 Å². The Labute approximate surface area is 179 Å². The van der Waals surface area contributed by atoms with Crippen molar-refractivity contribution < 1.29 is 9.53 Å². The van der Waals surface area contributed by atoms with Crippen molar-refractivity contribution >= 4 is 45.5 Å². The molecule has 0 saturated carbocycles. The predicted molar refractivity (Wildman–Crippen MR) is 121 cm³/mol. The van der Waals surface area contributed by atoms with Crippen molar-refractivity contribution in [1.29, 1.82) is 0 Å². The summed E-state index contributed by atoms with van der Waals surface area (Å²) < 4.78 is 5.90. The van der Waals surface area contributed by atoms with Crippen molar-refractivity contribution in [1.82, 2.24) is 10.2 Å². The Morgan fingerprint density at radius 2 is 1.76 bits per heavy atom. The maximum absolute atomic E-state index is 12.5. The molecule has 0 aliphatic carbocycles. The Kier molecular flexibility index (Phi) is 7.48. The SMILES string of the molecule is CCc1cccc(CC)c1NC(=O)CSc1nnc(Nc2ccc(OC)cc2)s1. The van der Waals surface area contributed by atoms with Gasteiger partial charge in [0.25, 0.3) is 0 Å². The summed E-state index contributed by atoms with van der Waals surface area (Å²) in [6.45, 7) is 4.19. The van der Waals surface area contributed by atoms with Crippen LogP contribution in [0.4, 0.5) is 16.5 Å². The summed E-state index contributed by atoms with van der Waals surface area (Å²) in [5.41, 5.74) is 4.16. The highest BCUT2D eigenvalue weighted by molar-refractivity contribution is 8.01. The smallest absolute Gasteiger partial charge is 0.234 e. The number of para-hydroxylation sites is 1. The first kappa shape index (κ1) is 21.1. The molecule has 6 nitrogen and oxygen atoms in total. The number of ether oxygens (including phenoxy) is 1. The highest BCUT2D eigenvalue weighted by Crippen LogP contribution is 2.29. The van der Waals surface area contributed by atoms with Crippen molar-refractivity contribution in [3.63, 3.8) is 0 Å². The Morgan fingerprint density at radius 1 is 1.07 bits per heavy atom. The van der Waals surface area contributed by atoms with E-state index in [1.165, 1.54) is 23.1 Å². The number of amides is 1. The molecule has 3 rings (SSSR count). The largest absolute Gasteiger partial charge is 0.497 e. The van der Waals surface area contributed by atoms with Gasteiger partial charge in [-0.2, -0.15) is 0 Å². The maximum atomic E-state index is 12.5. The normalized spacial score (nSPS) is 10.6. The lowest BCUT2D eigenvalue weighted by atomic mass is 10.0. The summed E-state index contributed by atoms with van der Waals surface area (Å²) in [4.78, 5) is 12.5. The van der Waals surface area contributed by atoms with Crippen LogP contribution in [0.25, 0.3) is 0 Å². The van der Waals surface area contributed by atoms with Gasteiger partial charge in [-0.3, -0.25) is 4.79 Å². The molecule has 0 bridgehead atoms. The summed E-state index contributed by atoms with van der Waals surface area (Å²) in [6.07, 6.45) is 1.76. The lowest BCUT2D eigenvalue weighted by molar-refractivity contribution is -0.113. The van der Waals surface area contributed by atoms with Crippen LogP contribution in [0, 0.1) is 0 Å². The molecule has 1 aromatic heterocycles. The van der Waals surface area contributed by atoms with Gasteiger partial charge in [0.05, 0.1) is 12.9 Å². The second kappa shape index (κ2) is 10.3. The van der Waals surface area contributed by atoms with Crippen LogP contribution < -0.4 is 15.4 Å². The fraction of sp³-hybridized carbons (Fsp3) is 0.286. The van der Waals surface area contributed by atoms with Crippen molar-refractivity contribution in [3.8, 4) is 5.75 Å². The Bertz CT molecular complexity index is 935. The second-order valence-corrected chi connectivity index (χ2v) is 8.42. The molecule has 2 aromatic carbocycles. The minimum absolute atomic E-state index is 0.0366.